The number of nitrogens with zero attached hydrogens (tertiary/aromatic N) is 4. The van der Waals surface area contributed by atoms with Gasteiger partial charge >= 0.3 is 0 Å². The zero-order valence-electron chi connectivity index (χ0n) is 25.9. The van der Waals surface area contributed by atoms with Gasteiger partial charge in [0.2, 0.25) is 0 Å². The highest BCUT2D eigenvalue weighted by atomic mass is 16.6. The summed E-state index contributed by atoms with van der Waals surface area (Å²) < 4.78 is 1.46. The van der Waals surface area contributed by atoms with E-state index in [2.05, 4.69) is 27.7 Å². The molecule has 0 fully saturated rings. The van der Waals surface area contributed by atoms with E-state index < -0.39 is 37.6 Å². The highest BCUT2D eigenvalue weighted by Crippen LogP contribution is 2.36. The predicted molar refractivity (Wildman–Crippen MR) is 162 cm³/mol. The molecule has 11 nitrogen and oxygen atoms in total. The third-order valence-electron chi connectivity index (χ3n) is 7.58. The fourth-order valence-electron chi connectivity index (χ4n) is 5.13. The predicted octanol–water partition coefficient (Wildman–Crippen LogP) is 8.61. The van der Waals surface area contributed by atoms with Crippen LogP contribution in [0.5, 0.6) is 5.75 Å². The van der Waals surface area contributed by atoms with Crippen molar-refractivity contribution in [3.05, 3.63) is 42.5 Å². The molecule has 0 radical (unpaired) electrons. The van der Waals surface area contributed by atoms with Crippen molar-refractivity contribution in [2.45, 2.75) is 130 Å². The molecule has 11 heteroatoms. The number of unbranched alkanes of at least 4 members (excludes halogenated alkanes) is 12. The lowest BCUT2D eigenvalue weighted by Gasteiger charge is -2.39. The van der Waals surface area contributed by atoms with Crippen LogP contribution in [0.25, 0.3) is 0 Å². The quantitative estimate of drug-likeness (QED) is 0.0541. The minimum absolute atomic E-state index is 0.384. The summed E-state index contributed by atoms with van der Waals surface area (Å²) >= 11 is 0. The molecule has 1 aromatic carbocycles. The van der Waals surface area contributed by atoms with Crippen LogP contribution in [-0.4, -0.2) is 45.4 Å². The molecule has 0 saturated heterocycles. The molecule has 0 atom stereocenters. The first-order chi connectivity index (χ1) is 19.6. The topological polar surface area (TPSA) is 152 Å². The van der Waals surface area contributed by atoms with Gasteiger partial charge in [-0.25, -0.2) is 0 Å². The lowest BCUT2D eigenvalue weighted by Crippen LogP contribution is -2.50. The highest BCUT2D eigenvalue weighted by molar-refractivity contribution is 5.63. The zero-order chi connectivity index (χ0) is 31.1. The molecular weight excluding hydrogens is 528 g/mol. The van der Waals surface area contributed by atoms with Crippen molar-refractivity contribution >= 4 is 17.1 Å². The standard InChI is InChI=1S/C24H52N.C6H3N3O7/c1-5-9-13-17-21-25(22-18-14-10-6-2,23-19-15-11-7-3)24-20-16-12-8-4;10-6-4(8(13)14)1-3(7(11)12)2-5(6)9(15)16/h5-24H2,1-4H3;1-2,10H/q+1;/p-1. The molecule has 0 aliphatic carbocycles. The Hall–Kier alpha value is -2.82. The number of nitro groups is 3. The lowest BCUT2D eigenvalue weighted by molar-refractivity contribution is -0.929. The van der Waals surface area contributed by atoms with Crippen molar-refractivity contribution in [2.75, 3.05) is 26.2 Å². The second kappa shape index (κ2) is 22.8. The molecule has 0 spiro atoms. The van der Waals surface area contributed by atoms with Crippen molar-refractivity contribution in [2.24, 2.45) is 0 Å². The van der Waals surface area contributed by atoms with E-state index in [4.69, 9.17) is 0 Å². The Bertz CT molecular complexity index is 807. The first-order valence-corrected chi connectivity index (χ1v) is 15.7. The maximum Gasteiger partial charge on any atom is 0.283 e. The molecule has 0 heterocycles. The number of hydrogen-bond acceptors (Lipinski definition) is 7. The third-order valence-corrected chi connectivity index (χ3v) is 7.58. The fourth-order valence-corrected chi connectivity index (χ4v) is 5.13. The largest absolute Gasteiger partial charge is 0.863 e. The molecule has 0 N–H and O–H groups in total. The number of hydrogen-bond donors (Lipinski definition) is 0. The number of nitro benzene ring substituents is 3. The Morgan fingerprint density at radius 3 is 1.02 bits per heavy atom. The van der Waals surface area contributed by atoms with Gasteiger partial charge in [0.25, 0.3) is 17.1 Å². The summed E-state index contributed by atoms with van der Waals surface area (Å²) in [7, 11) is 0. The van der Waals surface area contributed by atoms with Crippen molar-refractivity contribution in [3.63, 3.8) is 0 Å². The lowest BCUT2D eigenvalue weighted by atomic mass is 10.1. The summed E-state index contributed by atoms with van der Waals surface area (Å²) in [4.78, 5) is 27.5. The van der Waals surface area contributed by atoms with Gasteiger partial charge in [0, 0.05) is 0 Å². The van der Waals surface area contributed by atoms with Crippen LogP contribution in [0.3, 0.4) is 0 Å². The zero-order valence-corrected chi connectivity index (χ0v) is 25.9. The summed E-state index contributed by atoms with van der Waals surface area (Å²) in [6.07, 6.45) is 22.8. The van der Waals surface area contributed by atoms with E-state index in [9.17, 15) is 35.4 Å². The van der Waals surface area contributed by atoms with E-state index in [1.54, 1.807) is 0 Å². The number of rotatable bonds is 23. The average Bonchev–Trinajstić information content (AvgIpc) is 2.94. The van der Waals surface area contributed by atoms with Crippen molar-refractivity contribution in [1.29, 1.82) is 0 Å². The van der Waals surface area contributed by atoms with Gasteiger partial charge in [-0.2, -0.15) is 0 Å². The molecule has 236 valence electrons. The maximum atomic E-state index is 11.1. The van der Waals surface area contributed by atoms with Crippen LogP contribution in [0.1, 0.15) is 130 Å². The fraction of sp³-hybridized carbons (Fsp3) is 0.800. The summed E-state index contributed by atoms with van der Waals surface area (Å²) in [5, 5.41) is 42.1. The molecule has 0 unspecified atom stereocenters. The smallest absolute Gasteiger partial charge is 0.283 e. The second-order valence-corrected chi connectivity index (χ2v) is 11.1. The van der Waals surface area contributed by atoms with Crippen LogP contribution < -0.4 is 5.11 Å². The van der Waals surface area contributed by atoms with Gasteiger partial charge in [-0.1, -0.05) is 79.1 Å². The molecule has 0 aliphatic heterocycles. The Labute approximate surface area is 246 Å². The Morgan fingerprint density at radius 2 is 0.805 bits per heavy atom. The molecule has 0 bridgehead atoms. The molecule has 0 amide bonds. The first kappa shape index (κ1) is 38.2. The molecular formula is C30H54N4O7. The van der Waals surface area contributed by atoms with Crippen molar-refractivity contribution in [3.8, 4) is 5.75 Å². The Morgan fingerprint density at radius 1 is 0.512 bits per heavy atom. The summed E-state index contributed by atoms with van der Waals surface area (Å²) in [5.41, 5.74) is -3.26. The van der Waals surface area contributed by atoms with Crippen LogP contribution in [0, 0.1) is 30.3 Å². The van der Waals surface area contributed by atoms with Gasteiger partial charge in [0.15, 0.2) is 0 Å². The van der Waals surface area contributed by atoms with Crippen LogP contribution in [0.2, 0.25) is 0 Å². The van der Waals surface area contributed by atoms with Gasteiger partial charge in [0.05, 0.1) is 58.8 Å². The van der Waals surface area contributed by atoms with E-state index in [1.807, 2.05) is 0 Å². The number of benzene rings is 1. The molecule has 0 aliphatic rings. The van der Waals surface area contributed by atoms with Gasteiger partial charge in [-0.05, 0) is 51.4 Å². The third kappa shape index (κ3) is 16.3. The summed E-state index contributed by atoms with van der Waals surface area (Å²) in [6, 6.07) is 0.769. The van der Waals surface area contributed by atoms with Crippen LogP contribution >= 0.6 is 0 Å². The normalized spacial score (nSPS) is 11.1. The summed E-state index contributed by atoms with van der Waals surface area (Å²) in [5.74, 6) is -1.46. The number of quaternary nitrogens is 1. The van der Waals surface area contributed by atoms with E-state index in [0.29, 0.717) is 12.1 Å². The first-order valence-electron chi connectivity index (χ1n) is 15.7. The van der Waals surface area contributed by atoms with Crippen molar-refractivity contribution < 1.29 is 24.4 Å². The molecule has 41 heavy (non-hydrogen) atoms. The maximum absolute atomic E-state index is 11.1. The molecule has 1 aromatic rings. The highest BCUT2D eigenvalue weighted by Gasteiger charge is 2.26. The Kier molecular flexibility index (Phi) is 21.3. The number of non-ortho nitro benzene ring substituents is 1. The van der Waals surface area contributed by atoms with Crippen LogP contribution in [0.4, 0.5) is 17.1 Å². The van der Waals surface area contributed by atoms with E-state index in [-0.39, 0.29) is 0 Å². The molecule has 0 saturated carbocycles. The van der Waals surface area contributed by atoms with Gasteiger partial charge < -0.3 is 9.59 Å². The minimum atomic E-state index is -1.46. The monoisotopic (exact) mass is 582 g/mol. The van der Waals surface area contributed by atoms with E-state index in [0.717, 1.165) is 0 Å². The van der Waals surface area contributed by atoms with Crippen LogP contribution in [-0.2, 0) is 0 Å². The second-order valence-electron chi connectivity index (χ2n) is 11.1. The SMILES string of the molecule is CCCCCC[N+](CCCCCC)(CCCCCC)CCCCCC.O=[N+]([O-])c1cc([N+](=O)[O-])c([O-])c([N+](=O)[O-])c1. The minimum Gasteiger partial charge on any atom is -0.863 e. The Balaban J connectivity index is 0.000000856. The van der Waals surface area contributed by atoms with E-state index >= 15 is 0 Å². The van der Waals surface area contributed by atoms with Gasteiger partial charge in [-0.15, -0.1) is 0 Å². The van der Waals surface area contributed by atoms with Gasteiger partial charge in [-0.3, -0.25) is 30.3 Å². The van der Waals surface area contributed by atoms with Crippen LogP contribution in [0.15, 0.2) is 12.1 Å². The molecule has 0 aromatic heterocycles. The summed E-state index contributed by atoms with van der Waals surface area (Å²) in [6.45, 7) is 15.2. The van der Waals surface area contributed by atoms with E-state index in [1.165, 1.54) is 133 Å². The van der Waals surface area contributed by atoms with Gasteiger partial charge in [0.1, 0.15) is 0 Å². The average molecular weight is 583 g/mol. The van der Waals surface area contributed by atoms with Crippen molar-refractivity contribution in [1.82, 2.24) is 0 Å². The molecule has 1 rings (SSSR count).